The highest BCUT2D eigenvalue weighted by Crippen LogP contribution is 2.27. The summed E-state index contributed by atoms with van der Waals surface area (Å²) in [6, 6.07) is 15.4. The number of anilines is 1. The molecular weight excluding hydrogens is 358 g/mol. The molecule has 27 heavy (non-hydrogen) atoms. The quantitative estimate of drug-likeness (QED) is 0.664. The molecule has 0 atom stereocenters. The molecular formula is C21H19N3O2S. The zero-order valence-corrected chi connectivity index (χ0v) is 16.2. The number of carbonyl (C=O) groups excluding carboxylic acids is 1. The van der Waals surface area contributed by atoms with Gasteiger partial charge in [-0.25, -0.2) is 4.98 Å². The number of pyridine rings is 1. The zero-order valence-electron chi connectivity index (χ0n) is 15.4. The molecule has 0 aliphatic carbocycles. The number of aromatic nitrogens is 1. The average Bonchev–Trinajstić information content (AvgIpc) is 2.64. The molecule has 1 heterocycles. The van der Waals surface area contributed by atoms with Gasteiger partial charge in [0, 0.05) is 17.1 Å². The summed E-state index contributed by atoms with van der Waals surface area (Å²) in [5.41, 5.74) is 4.14. The lowest BCUT2D eigenvalue weighted by Gasteiger charge is -2.09. The van der Waals surface area contributed by atoms with Crippen molar-refractivity contribution in [3.05, 3.63) is 59.2 Å². The van der Waals surface area contributed by atoms with Gasteiger partial charge in [-0.05, 0) is 55.3 Å². The minimum absolute atomic E-state index is 0.138. The van der Waals surface area contributed by atoms with Crippen molar-refractivity contribution in [2.75, 3.05) is 18.2 Å². The number of hydrogen-bond acceptors (Lipinski definition) is 5. The Bertz CT molecular complexity index is 1040. The Morgan fingerprint density at radius 1 is 1.19 bits per heavy atom. The lowest BCUT2D eigenvalue weighted by molar-refractivity contribution is -0.113. The van der Waals surface area contributed by atoms with Gasteiger partial charge < -0.3 is 10.1 Å². The number of nitrogens with one attached hydrogen (secondary N) is 1. The van der Waals surface area contributed by atoms with Crippen LogP contribution in [0.15, 0.2) is 47.5 Å². The highest BCUT2D eigenvalue weighted by atomic mass is 32.2. The Morgan fingerprint density at radius 2 is 1.93 bits per heavy atom. The third-order valence-corrected chi connectivity index (χ3v) is 4.95. The van der Waals surface area contributed by atoms with Crippen molar-refractivity contribution in [2.24, 2.45) is 0 Å². The number of carbonyl (C=O) groups is 1. The minimum atomic E-state index is -0.138. The summed E-state index contributed by atoms with van der Waals surface area (Å²) >= 11 is 1.25. The number of methoxy groups -OCH3 is 1. The minimum Gasteiger partial charge on any atom is -0.497 e. The number of nitrogens with zero attached hydrogens (tertiary/aromatic N) is 2. The largest absolute Gasteiger partial charge is 0.497 e. The molecule has 0 bridgehead atoms. The van der Waals surface area contributed by atoms with E-state index in [4.69, 9.17) is 4.74 Å². The first-order valence-electron chi connectivity index (χ1n) is 8.38. The zero-order chi connectivity index (χ0) is 19.4. The van der Waals surface area contributed by atoms with E-state index < -0.39 is 0 Å². The number of hydrogen-bond donors (Lipinski definition) is 1. The van der Waals surface area contributed by atoms with Crippen LogP contribution in [0.25, 0.3) is 10.9 Å². The van der Waals surface area contributed by atoms with Crippen LogP contribution in [0.2, 0.25) is 0 Å². The molecule has 1 amide bonds. The maximum absolute atomic E-state index is 12.3. The number of thioether (sulfide) groups is 1. The molecule has 5 nitrogen and oxygen atoms in total. The van der Waals surface area contributed by atoms with Crippen LogP contribution in [0, 0.1) is 25.2 Å². The van der Waals surface area contributed by atoms with Crippen LogP contribution in [-0.4, -0.2) is 23.8 Å². The molecule has 0 saturated carbocycles. The van der Waals surface area contributed by atoms with Crippen molar-refractivity contribution in [1.29, 1.82) is 5.26 Å². The number of amides is 1. The van der Waals surface area contributed by atoms with Crippen LogP contribution >= 0.6 is 11.8 Å². The van der Waals surface area contributed by atoms with Gasteiger partial charge in [0.2, 0.25) is 5.91 Å². The molecule has 3 aromatic rings. The number of rotatable bonds is 5. The summed E-state index contributed by atoms with van der Waals surface area (Å²) in [6.07, 6.45) is 0. The smallest absolute Gasteiger partial charge is 0.234 e. The third kappa shape index (κ3) is 4.57. The molecule has 1 aromatic heterocycles. The maximum Gasteiger partial charge on any atom is 0.234 e. The first-order chi connectivity index (χ1) is 13.0. The molecule has 3 rings (SSSR count). The standard InChI is InChI=1S/C21H19N3O2S/c1-13-6-14(2)8-17(7-13)23-20(25)12-27-21-16(11-22)9-15-4-5-18(26-3)10-19(15)24-21/h4-10H,12H2,1-3H3,(H,23,25). The topological polar surface area (TPSA) is 75.0 Å². The summed E-state index contributed by atoms with van der Waals surface area (Å²) < 4.78 is 5.23. The van der Waals surface area contributed by atoms with E-state index in [-0.39, 0.29) is 11.7 Å². The first kappa shape index (κ1) is 18.7. The number of fused-ring (bicyclic) bond motifs is 1. The number of ether oxygens (including phenoxy) is 1. The van der Waals surface area contributed by atoms with E-state index >= 15 is 0 Å². The van der Waals surface area contributed by atoms with Gasteiger partial charge in [0.25, 0.3) is 0 Å². The van der Waals surface area contributed by atoms with Gasteiger partial charge in [0.15, 0.2) is 0 Å². The van der Waals surface area contributed by atoms with Gasteiger partial charge in [-0.3, -0.25) is 4.79 Å². The molecule has 0 saturated heterocycles. The van der Waals surface area contributed by atoms with Crippen LogP contribution < -0.4 is 10.1 Å². The Kier molecular flexibility index (Phi) is 5.63. The van der Waals surface area contributed by atoms with Crippen molar-refractivity contribution < 1.29 is 9.53 Å². The van der Waals surface area contributed by atoms with Crippen LogP contribution in [0.4, 0.5) is 5.69 Å². The van der Waals surface area contributed by atoms with E-state index in [9.17, 15) is 10.1 Å². The fourth-order valence-electron chi connectivity index (χ4n) is 2.82. The molecule has 0 spiro atoms. The molecule has 6 heteroatoms. The van der Waals surface area contributed by atoms with E-state index in [0.717, 1.165) is 27.7 Å². The van der Waals surface area contributed by atoms with Gasteiger partial charge in [-0.15, -0.1) is 0 Å². The van der Waals surface area contributed by atoms with E-state index in [1.165, 1.54) is 11.8 Å². The van der Waals surface area contributed by atoms with E-state index in [1.54, 1.807) is 13.2 Å². The predicted octanol–water partition coefficient (Wildman–Crippen LogP) is 4.46. The number of benzene rings is 2. The fraction of sp³-hybridized carbons (Fsp3) is 0.190. The van der Waals surface area contributed by atoms with E-state index in [1.807, 2.05) is 44.2 Å². The summed E-state index contributed by atoms with van der Waals surface area (Å²) in [4.78, 5) is 16.9. The van der Waals surface area contributed by atoms with Gasteiger partial charge in [-0.2, -0.15) is 5.26 Å². The Morgan fingerprint density at radius 3 is 2.59 bits per heavy atom. The Hall–Kier alpha value is -3.04. The van der Waals surface area contributed by atoms with Crippen LogP contribution in [0.3, 0.4) is 0 Å². The van der Waals surface area contributed by atoms with Crippen molar-refractivity contribution in [3.8, 4) is 11.8 Å². The lowest BCUT2D eigenvalue weighted by Crippen LogP contribution is -2.14. The lowest BCUT2D eigenvalue weighted by atomic mass is 10.1. The summed E-state index contributed by atoms with van der Waals surface area (Å²) in [5.74, 6) is 0.731. The average molecular weight is 377 g/mol. The van der Waals surface area contributed by atoms with Crippen molar-refractivity contribution in [3.63, 3.8) is 0 Å². The highest BCUT2D eigenvalue weighted by molar-refractivity contribution is 8.00. The maximum atomic E-state index is 12.3. The third-order valence-electron chi connectivity index (χ3n) is 3.96. The van der Waals surface area contributed by atoms with Crippen molar-refractivity contribution in [2.45, 2.75) is 18.9 Å². The molecule has 2 aromatic carbocycles. The first-order valence-corrected chi connectivity index (χ1v) is 9.37. The molecule has 0 aliphatic rings. The fourth-order valence-corrected chi connectivity index (χ4v) is 3.59. The second-order valence-electron chi connectivity index (χ2n) is 6.22. The van der Waals surface area contributed by atoms with Crippen LogP contribution in [0.1, 0.15) is 16.7 Å². The predicted molar refractivity (Wildman–Crippen MR) is 108 cm³/mol. The monoisotopic (exact) mass is 377 g/mol. The van der Waals surface area contributed by atoms with E-state index in [2.05, 4.69) is 22.4 Å². The summed E-state index contributed by atoms with van der Waals surface area (Å²) in [5, 5.41) is 13.7. The second kappa shape index (κ2) is 8.11. The number of nitriles is 1. The van der Waals surface area contributed by atoms with Crippen LogP contribution in [0.5, 0.6) is 5.75 Å². The van der Waals surface area contributed by atoms with Gasteiger partial charge in [-0.1, -0.05) is 17.8 Å². The SMILES string of the molecule is COc1ccc2cc(C#N)c(SCC(=O)Nc3cc(C)cc(C)c3)nc2c1. The second-order valence-corrected chi connectivity index (χ2v) is 7.19. The van der Waals surface area contributed by atoms with Gasteiger partial charge in [0.1, 0.15) is 16.8 Å². The summed E-state index contributed by atoms with van der Waals surface area (Å²) in [7, 11) is 1.60. The van der Waals surface area contributed by atoms with E-state index in [0.29, 0.717) is 16.3 Å². The van der Waals surface area contributed by atoms with Gasteiger partial charge in [0.05, 0.1) is 23.9 Å². The molecule has 0 unspecified atom stereocenters. The number of aryl methyl sites for hydroxylation is 2. The molecule has 1 N–H and O–H groups in total. The Balaban J connectivity index is 1.77. The Labute approximate surface area is 162 Å². The highest BCUT2D eigenvalue weighted by Gasteiger charge is 2.11. The van der Waals surface area contributed by atoms with Crippen LogP contribution in [-0.2, 0) is 4.79 Å². The molecule has 0 fully saturated rings. The molecule has 0 radical (unpaired) electrons. The molecule has 0 aliphatic heterocycles. The van der Waals surface area contributed by atoms with Gasteiger partial charge >= 0.3 is 0 Å². The van der Waals surface area contributed by atoms with Crippen molar-refractivity contribution >= 4 is 34.3 Å². The normalized spacial score (nSPS) is 10.4. The summed E-state index contributed by atoms with van der Waals surface area (Å²) in [6.45, 7) is 3.98. The molecule has 136 valence electrons. The van der Waals surface area contributed by atoms with Crippen molar-refractivity contribution in [1.82, 2.24) is 4.98 Å².